The monoisotopic (exact) mass is 436 g/mol. The molecule has 1 heterocycles. The molecular formula is C28H36O4. The Morgan fingerprint density at radius 1 is 1.03 bits per heavy atom. The molecule has 4 aliphatic carbocycles. The summed E-state index contributed by atoms with van der Waals surface area (Å²) < 4.78 is 16.7. The molecule has 4 nitrogen and oxygen atoms in total. The molecule has 6 atom stereocenters. The van der Waals surface area contributed by atoms with Crippen molar-refractivity contribution < 1.29 is 19.0 Å². The first-order valence-corrected chi connectivity index (χ1v) is 12.7. The molecule has 0 spiro atoms. The van der Waals surface area contributed by atoms with Gasteiger partial charge in [0.2, 0.25) is 12.5 Å². The second kappa shape index (κ2) is 7.27. The third kappa shape index (κ3) is 2.83. The Bertz CT molecular complexity index is 980. The predicted molar refractivity (Wildman–Crippen MR) is 124 cm³/mol. The quantitative estimate of drug-likeness (QED) is 0.502. The average molecular weight is 437 g/mol. The van der Waals surface area contributed by atoms with Crippen LogP contribution in [0.4, 0.5) is 0 Å². The van der Waals surface area contributed by atoms with Crippen molar-refractivity contribution in [3.63, 3.8) is 0 Å². The van der Waals surface area contributed by atoms with E-state index in [1.54, 1.807) is 7.11 Å². The van der Waals surface area contributed by atoms with Gasteiger partial charge >= 0.3 is 0 Å². The fourth-order valence-corrected chi connectivity index (χ4v) is 8.53. The van der Waals surface area contributed by atoms with Crippen LogP contribution >= 0.6 is 0 Å². The van der Waals surface area contributed by atoms with Crippen molar-refractivity contribution in [1.82, 2.24) is 0 Å². The molecule has 4 fully saturated rings. The van der Waals surface area contributed by atoms with Crippen molar-refractivity contribution in [3.05, 3.63) is 23.3 Å². The van der Waals surface area contributed by atoms with Gasteiger partial charge in [0.25, 0.3) is 0 Å². The molecule has 4 saturated carbocycles. The van der Waals surface area contributed by atoms with E-state index in [1.807, 2.05) is 12.1 Å². The largest absolute Gasteiger partial charge is 0.493 e. The Balaban J connectivity index is 1.32. The van der Waals surface area contributed by atoms with Gasteiger partial charge in [-0.25, -0.2) is 0 Å². The number of methoxy groups -OCH3 is 1. The summed E-state index contributed by atoms with van der Waals surface area (Å²) in [6.07, 6.45) is 13.7. The maximum Gasteiger partial charge on any atom is 0.231 e. The van der Waals surface area contributed by atoms with E-state index in [4.69, 9.17) is 14.2 Å². The highest BCUT2D eigenvalue weighted by Gasteiger charge is 2.60. The third-order valence-corrected chi connectivity index (χ3v) is 10.2. The molecule has 0 N–H and O–H groups in total. The number of ketones is 1. The number of carbonyl (C=O) groups is 1. The van der Waals surface area contributed by atoms with Crippen molar-refractivity contribution in [3.8, 4) is 17.2 Å². The number of fused-ring (bicyclic) bond motifs is 6. The lowest BCUT2D eigenvalue weighted by Crippen LogP contribution is -2.52. The molecule has 3 unspecified atom stereocenters. The van der Waals surface area contributed by atoms with Gasteiger partial charge in [-0.3, -0.25) is 4.79 Å². The maximum absolute atomic E-state index is 13.7. The molecule has 0 amide bonds. The van der Waals surface area contributed by atoms with Crippen LogP contribution in [0.3, 0.4) is 0 Å². The van der Waals surface area contributed by atoms with Crippen LogP contribution in [0.25, 0.3) is 6.08 Å². The van der Waals surface area contributed by atoms with E-state index in [-0.39, 0.29) is 12.2 Å². The lowest BCUT2D eigenvalue weighted by Gasteiger charge is -2.59. The molecule has 0 bridgehead atoms. The van der Waals surface area contributed by atoms with Crippen LogP contribution in [-0.4, -0.2) is 19.7 Å². The number of rotatable bonds is 2. The Hall–Kier alpha value is -1.97. The zero-order chi connectivity index (χ0) is 22.1. The van der Waals surface area contributed by atoms with E-state index < -0.39 is 0 Å². The highest BCUT2D eigenvalue weighted by atomic mass is 16.7. The van der Waals surface area contributed by atoms with Crippen molar-refractivity contribution in [1.29, 1.82) is 0 Å². The van der Waals surface area contributed by atoms with E-state index >= 15 is 0 Å². The highest BCUT2D eigenvalue weighted by molar-refractivity contribution is 6.06. The zero-order valence-corrected chi connectivity index (χ0v) is 19.7. The first kappa shape index (κ1) is 20.6. The summed E-state index contributed by atoms with van der Waals surface area (Å²) in [5.74, 6) is 5.33. The molecule has 4 heteroatoms. The van der Waals surface area contributed by atoms with E-state index in [2.05, 4.69) is 19.9 Å². The van der Waals surface area contributed by atoms with Gasteiger partial charge < -0.3 is 14.2 Å². The van der Waals surface area contributed by atoms with E-state index in [1.165, 1.54) is 44.9 Å². The normalized spacial score (nSPS) is 41.2. The number of allylic oxidation sites excluding steroid dienone is 1. The van der Waals surface area contributed by atoms with Crippen LogP contribution in [0.5, 0.6) is 17.2 Å². The first-order chi connectivity index (χ1) is 15.4. The fraction of sp³-hybridized carbons (Fsp3) is 0.679. The van der Waals surface area contributed by atoms with Gasteiger partial charge in [-0.2, -0.15) is 0 Å². The van der Waals surface area contributed by atoms with Crippen LogP contribution in [-0.2, 0) is 4.79 Å². The Labute approximate surface area is 191 Å². The molecule has 32 heavy (non-hydrogen) atoms. The summed E-state index contributed by atoms with van der Waals surface area (Å²) in [4.78, 5) is 13.7. The molecule has 172 valence electrons. The summed E-state index contributed by atoms with van der Waals surface area (Å²) in [7, 11) is 1.65. The first-order valence-electron chi connectivity index (χ1n) is 12.7. The lowest BCUT2D eigenvalue weighted by molar-refractivity contribution is -0.137. The average Bonchev–Trinajstić information content (AvgIpc) is 3.36. The zero-order valence-electron chi connectivity index (χ0n) is 19.7. The minimum Gasteiger partial charge on any atom is -0.493 e. The van der Waals surface area contributed by atoms with Crippen LogP contribution in [0.1, 0.15) is 77.2 Å². The summed E-state index contributed by atoms with van der Waals surface area (Å²) >= 11 is 0. The second-order valence-electron chi connectivity index (χ2n) is 11.5. The van der Waals surface area contributed by atoms with Crippen LogP contribution in [0.2, 0.25) is 0 Å². The summed E-state index contributed by atoms with van der Waals surface area (Å²) in [6.45, 7) is 5.09. The Morgan fingerprint density at radius 3 is 2.75 bits per heavy atom. The fourth-order valence-electron chi connectivity index (χ4n) is 8.53. The number of hydrogen-bond donors (Lipinski definition) is 0. The van der Waals surface area contributed by atoms with E-state index in [9.17, 15) is 4.79 Å². The van der Waals surface area contributed by atoms with Gasteiger partial charge in [0.15, 0.2) is 17.3 Å². The smallest absolute Gasteiger partial charge is 0.231 e. The summed E-state index contributed by atoms with van der Waals surface area (Å²) in [5.41, 5.74) is 2.28. The molecule has 1 aliphatic heterocycles. The topological polar surface area (TPSA) is 44.8 Å². The molecule has 5 aliphatic rings. The van der Waals surface area contributed by atoms with Crippen LogP contribution in [0, 0.1) is 34.5 Å². The van der Waals surface area contributed by atoms with Crippen molar-refractivity contribution in [2.45, 2.75) is 71.6 Å². The van der Waals surface area contributed by atoms with Gasteiger partial charge in [-0.1, -0.05) is 26.7 Å². The van der Waals surface area contributed by atoms with Gasteiger partial charge in [-0.05, 0) is 103 Å². The SMILES string of the molecule is COc1cc(/C=C2\CC3C4CC[C@H]5CCCC[C@]5(C)C4CC[C@]3(C)C2=O)cc2c1OCO2. The molecular weight excluding hydrogens is 400 g/mol. The second-order valence-corrected chi connectivity index (χ2v) is 11.5. The van der Waals surface area contributed by atoms with E-state index in [0.717, 1.165) is 35.8 Å². The summed E-state index contributed by atoms with van der Waals surface area (Å²) in [6, 6.07) is 3.95. The molecule has 0 saturated heterocycles. The molecule has 6 rings (SSSR count). The van der Waals surface area contributed by atoms with Gasteiger partial charge in [0.1, 0.15) is 0 Å². The van der Waals surface area contributed by atoms with Crippen molar-refractivity contribution in [2.24, 2.45) is 34.5 Å². The molecule has 0 aromatic heterocycles. The molecule has 1 aromatic rings. The van der Waals surface area contributed by atoms with Gasteiger partial charge in [0.05, 0.1) is 7.11 Å². The van der Waals surface area contributed by atoms with Gasteiger partial charge in [-0.15, -0.1) is 0 Å². The van der Waals surface area contributed by atoms with Gasteiger partial charge in [0, 0.05) is 5.41 Å². The minimum atomic E-state index is -0.189. The highest BCUT2D eigenvalue weighted by Crippen LogP contribution is 2.66. The van der Waals surface area contributed by atoms with Crippen LogP contribution in [0.15, 0.2) is 17.7 Å². The number of ether oxygens (including phenoxy) is 3. The number of hydrogen-bond acceptors (Lipinski definition) is 4. The molecule has 1 aromatic carbocycles. The van der Waals surface area contributed by atoms with Crippen molar-refractivity contribution >= 4 is 11.9 Å². The van der Waals surface area contributed by atoms with Crippen LogP contribution < -0.4 is 14.2 Å². The third-order valence-electron chi connectivity index (χ3n) is 10.2. The number of benzene rings is 1. The Morgan fingerprint density at radius 2 is 1.91 bits per heavy atom. The standard InChI is InChI=1S/C28H36O4/c1-27-10-5-4-6-19(27)7-8-20-21(27)9-11-28(2)22(20)15-18(26(28)29)12-17-13-23(30-3)25-24(14-17)31-16-32-25/h12-14,19-22H,4-11,15-16H2,1-3H3/b18-12+/t19-,20?,21?,22?,27+,28+/m1/s1. The number of carbonyl (C=O) groups excluding carboxylic acids is 1. The summed E-state index contributed by atoms with van der Waals surface area (Å²) in [5, 5.41) is 0. The Kier molecular flexibility index (Phi) is 4.68. The molecule has 0 radical (unpaired) electrons. The predicted octanol–water partition coefficient (Wildman–Crippen LogP) is 6.42. The number of Topliss-reactive ketones (excluding diaryl/α,β-unsaturated/α-hetero) is 1. The van der Waals surface area contributed by atoms with E-state index in [0.29, 0.717) is 40.3 Å². The maximum atomic E-state index is 13.7. The lowest BCUT2D eigenvalue weighted by atomic mass is 9.45. The minimum absolute atomic E-state index is 0.189. The van der Waals surface area contributed by atoms with Crippen molar-refractivity contribution in [2.75, 3.05) is 13.9 Å².